The summed E-state index contributed by atoms with van der Waals surface area (Å²) in [6.07, 6.45) is 7.26. The van der Waals surface area contributed by atoms with E-state index in [2.05, 4.69) is 5.48 Å². The molecule has 114 valence electrons. The summed E-state index contributed by atoms with van der Waals surface area (Å²) in [6, 6.07) is -0.179. The van der Waals surface area contributed by atoms with Gasteiger partial charge in [0, 0.05) is 19.4 Å². The molecule has 0 saturated carbocycles. The number of aliphatic hydroxyl groups excluding tert-OH is 1. The predicted octanol–water partition coefficient (Wildman–Crippen LogP) is 1.52. The molecule has 7 heteroatoms. The average Bonchev–Trinajstić information content (AvgIpc) is 2.44. The molecule has 1 aliphatic rings. The lowest BCUT2D eigenvalue weighted by molar-refractivity contribution is -0.428. The average molecular weight is 286 g/mol. The third-order valence-electron chi connectivity index (χ3n) is 2.93. The number of hydrogen-bond donors (Lipinski definition) is 2. The van der Waals surface area contributed by atoms with E-state index in [9.17, 15) is 10.1 Å². The van der Waals surface area contributed by atoms with Crippen LogP contribution < -0.4 is 5.48 Å². The number of nitro groups is 1. The van der Waals surface area contributed by atoms with E-state index in [1.807, 2.05) is 19.1 Å². The number of aliphatic hydroxyl groups is 1. The van der Waals surface area contributed by atoms with Gasteiger partial charge >= 0.3 is 0 Å². The number of nitrogens with zero attached hydrogens (tertiary/aromatic N) is 1. The minimum absolute atomic E-state index is 0.0808. The van der Waals surface area contributed by atoms with Crippen molar-refractivity contribution in [2.24, 2.45) is 0 Å². The summed E-state index contributed by atoms with van der Waals surface area (Å²) in [5, 5.41) is 19.6. The molecule has 20 heavy (non-hydrogen) atoms. The summed E-state index contributed by atoms with van der Waals surface area (Å²) in [4.78, 5) is 15.5. The second-order valence-electron chi connectivity index (χ2n) is 4.49. The standard InChI is InChI=1S/C13H22N2O5/c1-2-5-11(15(17)18)7-8-13-12(6-3-4-9-16)14-20-10-19-13/h3,6-7,12-14,16H,2,4-5,8-10H2,1H3/b6-3?,11-7+. The molecule has 2 unspecified atom stereocenters. The van der Waals surface area contributed by atoms with E-state index in [1.54, 1.807) is 6.08 Å². The highest BCUT2D eigenvalue weighted by Crippen LogP contribution is 2.15. The van der Waals surface area contributed by atoms with Crippen molar-refractivity contribution in [1.82, 2.24) is 5.48 Å². The van der Waals surface area contributed by atoms with Gasteiger partial charge in [0.2, 0.25) is 5.70 Å². The molecule has 1 saturated heterocycles. The Hall–Kier alpha value is -1.28. The van der Waals surface area contributed by atoms with Gasteiger partial charge in [-0.15, -0.1) is 0 Å². The molecule has 0 spiro atoms. The van der Waals surface area contributed by atoms with Gasteiger partial charge in [0.15, 0.2) is 6.79 Å². The monoisotopic (exact) mass is 286 g/mol. The lowest BCUT2D eigenvalue weighted by atomic mass is 10.1. The zero-order valence-corrected chi connectivity index (χ0v) is 11.7. The Labute approximate surface area is 118 Å². The topological polar surface area (TPSA) is 93.9 Å². The molecule has 0 aliphatic carbocycles. The van der Waals surface area contributed by atoms with Crippen molar-refractivity contribution in [3.8, 4) is 0 Å². The van der Waals surface area contributed by atoms with Crippen LogP contribution in [0.1, 0.15) is 32.6 Å². The molecule has 2 N–H and O–H groups in total. The Bertz CT molecular complexity index is 357. The first-order valence-electron chi connectivity index (χ1n) is 6.78. The molecular formula is C13H22N2O5. The number of hydrogen-bond acceptors (Lipinski definition) is 6. The van der Waals surface area contributed by atoms with Crippen LogP contribution in [-0.2, 0) is 9.57 Å². The molecule has 1 rings (SSSR count). The number of nitrogens with one attached hydrogen (secondary N) is 1. The molecule has 7 nitrogen and oxygen atoms in total. The van der Waals surface area contributed by atoms with Crippen molar-refractivity contribution in [1.29, 1.82) is 0 Å². The molecule has 0 amide bonds. The molecule has 0 aromatic carbocycles. The molecule has 0 aromatic rings. The van der Waals surface area contributed by atoms with Gasteiger partial charge in [-0.2, -0.15) is 5.48 Å². The summed E-state index contributed by atoms with van der Waals surface area (Å²) < 4.78 is 5.46. The smallest absolute Gasteiger partial charge is 0.242 e. The van der Waals surface area contributed by atoms with E-state index in [4.69, 9.17) is 14.7 Å². The highest BCUT2D eigenvalue weighted by Gasteiger charge is 2.24. The SMILES string of the molecule is CCC/C(=C\CC1OCONC1C=CCCO)[N+](=O)[O-]. The zero-order chi connectivity index (χ0) is 14.8. The van der Waals surface area contributed by atoms with Crippen LogP contribution >= 0.6 is 0 Å². The van der Waals surface area contributed by atoms with Gasteiger partial charge in [-0.3, -0.25) is 15.0 Å². The summed E-state index contributed by atoms with van der Waals surface area (Å²) in [5.74, 6) is 0. The van der Waals surface area contributed by atoms with Gasteiger partial charge in [-0.25, -0.2) is 0 Å². The first-order chi connectivity index (χ1) is 9.69. The maximum Gasteiger partial charge on any atom is 0.242 e. The Balaban J connectivity index is 2.61. The van der Waals surface area contributed by atoms with Crippen molar-refractivity contribution in [3.63, 3.8) is 0 Å². The predicted molar refractivity (Wildman–Crippen MR) is 73.2 cm³/mol. The number of allylic oxidation sites excluding steroid dienone is 1. The molecule has 2 atom stereocenters. The van der Waals surface area contributed by atoms with Crippen LogP contribution in [0.5, 0.6) is 0 Å². The van der Waals surface area contributed by atoms with Crippen LogP contribution in [-0.4, -0.2) is 35.6 Å². The van der Waals surface area contributed by atoms with Crippen LogP contribution in [0.25, 0.3) is 0 Å². The summed E-state index contributed by atoms with van der Waals surface area (Å²) in [7, 11) is 0. The minimum atomic E-state index is -0.340. The largest absolute Gasteiger partial charge is 0.396 e. The summed E-state index contributed by atoms with van der Waals surface area (Å²) in [5.41, 5.74) is 3.04. The number of rotatable bonds is 8. The van der Waals surface area contributed by atoms with Crippen LogP contribution in [0.15, 0.2) is 23.9 Å². The third kappa shape index (κ3) is 5.79. The minimum Gasteiger partial charge on any atom is -0.396 e. The van der Waals surface area contributed by atoms with E-state index < -0.39 is 0 Å². The lowest BCUT2D eigenvalue weighted by Crippen LogP contribution is -2.45. The van der Waals surface area contributed by atoms with Crippen molar-refractivity contribution in [2.45, 2.75) is 44.8 Å². The van der Waals surface area contributed by atoms with Gasteiger partial charge in [0.1, 0.15) is 0 Å². The zero-order valence-electron chi connectivity index (χ0n) is 11.7. The van der Waals surface area contributed by atoms with E-state index in [-0.39, 0.29) is 36.2 Å². The molecule has 0 aromatic heterocycles. The lowest BCUT2D eigenvalue weighted by Gasteiger charge is -2.29. The first kappa shape index (κ1) is 16.8. The first-order valence-corrected chi connectivity index (χ1v) is 6.78. The molecular weight excluding hydrogens is 264 g/mol. The Morgan fingerprint density at radius 3 is 3.05 bits per heavy atom. The summed E-state index contributed by atoms with van der Waals surface area (Å²) in [6.45, 7) is 2.10. The quantitative estimate of drug-likeness (QED) is 0.399. The van der Waals surface area contributed by atoms with Crippen molar-refractivity contribution in [2.75, 3.05) is 13.4 Å². The Morgan fingerprint density at radius 2 is 2.40 bits per heavy atom. The fraction of sp³-hybridized carbons (Fsp3) is 0.692. The van der Waals surface area contributed by atoms with Crippen molar-refractivity contribution >= 4 is 0 Å². The molecule has 1 aliphatic heterocycles. The van der Waals surface area contributed by atoms with E-state index in [0.717, 1.165) is 6.42 Å². The van der Waals surface area contributed by atoms with Gasteiger partial charge in [-0.05, 0) is 18.9 Å². The van der Waals surface area contributed by atoms with Crippen molar-refractivity contribution < 1.29 is 19.6 Å². The van der Waals surface area contributed by atoms with E-state index in [0.29, 0.717) is 19.3 Å². The second-order valence-corrected chi connectivity index (χ2v) is 4.49. The van der Waals surface area contributed by atoms with E-state index in [1.165, 1.54) is 0 Å². The molecule has 1 heterocycles. The highest BCUT2D eigenvalue weighted by molar-refractivity contribution is 5.01. The fourth-order valence-electron chi connectivity index (χ4n) is 1.90. The maximum atomic E-state index is 10.9. The van der Waals surface area contributed by atoms with Gasteiger partial charge < -0.3 is 9.84 Å². The third-order valence-corrected chi connectivity index (χ3v) is 2.93. The van der Waals surface area contributed by atoms with Crippen LogP contribution in [0.3, 0.4) is 0 Å². The van der Waals surface area contributed by atoms with Crippen LogP contribution in [0.2, 0.25) is 0 Å². The number of hydroxylamine groups is 1. The molecule has 0 bridgehead atoms. The highest BCUT2D eigenvalue weighted by atomic mass is 16.8. The fourth-order valence-corrected chi connectivity index (χ4v) is 1.90. The Morgan fingerprint density at radius 1 is 1.60 bits per heavy atom. The summed E-state index contributed by atoms with van der Waals surface area (Å²) >= 11 is 0. The molecule has 0 radical (unpaired) electrons. The maximum absolute atomic E-state index is 10.9. The van der Waals surface area contributed by atoms with Crippen LogP contribution in [0, 0.1) is 10.1 Å². The Kier molecular flexibility index (Phi) is 8.05. The van der Waals surface area contributed by atoms with Gasteiger partial charge in [0.25, 0.3) is 0 Å². The van der Waals surface area contributed by atoms with Crippen molar-refractivity contribution in [3.05, 3.63) is 34.0 Å². The number of ether oxygens (including phenoxy) is 1. The molecule has 1 fully saturated rings. The second kappa shape index (κ2) is 9.60. The normalized spacial score (nSPS) is 24.2. The van der Waals surface area contributed by atoms with Gasteiger partial charge in [-0.1, -0.05) is 19.1 Å². The van der Waals surface area contributed by atoms with E-state index >= 15 is 0 Å². The van der Waals surface area contributed by atoms with Gasteiger partial charge in [0.05, 0.1) is 17.1 Å². The van der Waals surface area contributed by atoms with Crippen LogP contribution in [0.4, 0.5) is 0 Å².